The zero-order valence-electron chi connectivity index (χ0n) is 16.8. The number of piperazine rings is 1. The van der Waals surface area contributed by atoms with E-state index < -0.39 is 0 Å². The van der Waals surface area contributed by atoms with Crippen LogP contribution in [0.3, 0.4) is 0 Å². The number of aromatic nitrogens is 4. The summed E-state index contributed by atoms with van der Waals surface area (Å²) in [5.74, 6) is 2.24. The first-order chi connectivity index (χ1) is 14.4. The van der Waals surface area contributed by atoms with Crippen molar-refractivity contribution in [1.82, 2.24) is 25.7 Å². The van der Waals surface area contributed by atoms with Crippen molar-refractivity contribution in [3.8, 4) is 0 Å². The van der Waals surface area contributed by atoms with Crippen molar-refractivity contribution >= 4 is 43.4 Å². The highest BCUT2D eigenvalue weighted by Gasteiger charge is 2.27. The van der Waals surface area contributed by atoms with Crippen LogP contribution in [0.4, 0.5) is 11.6 Å². The molecule has 0 saturated carbocycles. The molecule has 0 amide bonds. The largest absolute Gasteiger partial charge is 0.356 e. The van der Waals surface area contributed by atoms with Gasteiger partial charge in [0.25, 0.3) is 0 Å². The standard InChI is InChI=1S/C21H27N7S/c1-4-10-27(11-5-1)19-15-7-3-2-6-14(15)16-17-18(29-21(16)23-19)20(25-26-24-17)28-12-8-22-9-13-28/h22H,1-13H2. The van der Waals surface area contributed by atoms with E-state index in [9.17, 15) is 0 Å². The molecule has 0 aromatic carbocycles. The third kappa shape index (κ3) is 2.95. The lowest BCUT2D eigenvalue weighted by Gasteiger charge is -2.31. The van der Waals surface area contributed by atoms with Gasteiger partial charge in [-0.15, -0.1) is 21.5 Å². The Kier molecular flexibility index (Phi) is 4.49. The van der Waals surface area contributed by atoms with Crippen molar-refractivity contribution in [3.05, 3.63) is 11.1 Å². The lowest BCUT2D eigenvalue weighted by molar-refractivity contribution is 0.569. The van der Waals surface area contributed by atoms with Crippen LogP contribution >= 0.6 is 11.3 Å². The van der Waals surface area contributed by atoms with Crippen molar-refractivity contribution in [2.45, 2.75) is 44.9 Å². The van der Waals surface area contributed by atoms with E-state index in [1.54, 1.807) is 11.3 Å². The van der Waals surface area contributed by atoms with Gasteiger partial charge in [0.2, 0.25) is 0 Å². The van der Waals surface area contributed by atoms with Crippen molar-refractivity contribution < 1.29 is 0 Å². The van der Waals surface area contributed by atoms with E-state index in [4.69, 9.17) is 4.98 Å². The molecule has 152 valence electrons. The third-order valence-corrected chi connectivity index (χ3v) is 7.74. The topological polar surface area (TPSA) is 70.1 Å². The Labute approximate surface area is 174 Å². The second kappa shape index (κ2) is 7.32. The average molecular weight is 410 g/mol. The first kappa shape index (κ1) is 17.8. The van der Waals surface area contributed by atoms with Crippen LogP contribution in [-0.4, -0.2) is 59.7 Å². The summed E-state index contributed by atoms with van der Waals surface area (Å²) in [7, 11) is 0. The minimum Gasteiger partial charge on any atom is -0.356 e. The molecule has 1 N–H and O–H groups in total. The Morgan fingerprint density at radius 3 is 2.34 bits per heavy atom. The Bertz CT molecular complexity index is 1050. The molecule has 3 aromatic heterocycles. The number of piperidine rings is 1. The fraction of sp³-hybridized carbons (Fsp3) is 0.619. The maximum Gasteiger partial charge on any atom is 0.172 e. The molecule has 0 radical (unpaired) electrons. The number of fused-ring (bicyclic) bond motifs is 5. The zero-order valence-corrected chi connectivity index (χ0v) is 17.6. The van der Waals surface area contributed by atoms with Gasteiger partial charge >= 0.3 is 0 Å². The van der Waals surface area contributed by atoms with Crippen LogP contribution in [0.5, 0.6) is 0 Å². The molecule has 2 fully saturated rings. The van der Waals surface area contributed by atoms with Crippen LogP contribution < -0.4 is 15.1 Å². The summed E-state index contributed by atoms with van der Waals surface area (Å²) in [6.07, 6.45) is 8.71. The number of nitrogens with one attached hydrogen (secondary N) is 1. The normalized spacial score (nSPS) is 20.4. The molecule has 0 bridgehead atoms. The number of hydrogen-bond acceptors (Lipinski definition) is 8. The molecule has 3 aliphatic rings. The van der Waals surface area contributed by atoms with E-state index in [0.717, 1.165) is 73.0 Å². The van der Waals surface area contributed by atoms with Gasteiger partial charge in [-0.2, -0.15) is 0 Å². The van der Waals surface area contributed by atoms with Crippen LogP contribution in [0.2, 0.25) is 0 Å². The molecule has 29 heavy (non-hydrogen) atoms. The maximum absolute atomic E-state index is 5.25. The number of nitrogens with zero attached hydrogens (tertiary/aromatic N) is 6. The van der Waals surface area contributed by atoms with Crippen LogP contribution in [0.25, 0.3) is 20.4 Å². The van der Waals surface area contributed by atoms with E-state index in [1.165, 1.54) is 54.4 Å². The van der Waals surface area contributed by atoms with Gasteiger partial charge in [0.15, 0.2) is 5.82 Å². The number of hydrogen-bond donors (Lipinski definition) is 1. The van der Waals surface area contributed by atoms with Crippen molar-refractivity contribution in [3.63, 3.8) is 0 Å². The maximum atomic E-state index is 5.25. The van der Waals surface area contributed by atoms with E-state index in [0.29, 0.717) is 0 Å². The summed E-state index contributed by atoms with van der Waals surface area (Å²) in [5, 5.41) is 17.8. The number of pyridine rings is 1. The lowest BCUT2D eigenvalue weighted by Crippen LogP contribution is -2.44. The van der Waals surface area contributed by atoms with Crippen LogP contribution in [0, 0.1) is 0 Å². The first-order valence-corrected chi connectivity index (χ1v) is 11.9. The highest BCUT2D eigenvalue weighted by molar-refractivity contribution is 7.26. The molecule has 1 aliphatic carbocycles. The molecule has 0 unspecified atom stereocenters. The summed E-state index contributed by atoms with van der Waals surface area (Å²) in [5.41, 5.74) is 3.98. The summed E-state index contributed by atoms with van der Waals surface area (Å²) in [4.78, 5) is 11.3. The second-order valence-corrected chi connectivity index (χ2v) is 9.46. The fourth-order valence-corrected chi connectivity index (χ4v) is 6.35. The van der Waals surface area contributed by atoms with Gasteiger partial charge in [0, 0.05) is 44.7 Å². The average Bonchev–Trinajstić information content (AvgIpc) is 3.18. The molecule has 3 aromatic rings. The predicted octanol–water partition coefficient (Wildman–Crippen LogP) is 2.91. The van der Waals surface area contributed by atoms with Gasteiger partial charge in [0.1, 0.15) is 20.9 Å². The van der Waals surface area contributed by atoms with Crippen molar-refractivity contribution in [2.75, 3.05) is 49.1 Å². The number of rotatable bonds is 2. The summed E-state index contributed by atoms with van der Waals surface area (Å²) >= 11 is 1.77. The molecule has 8 heteroatoms. The SMILES string of the molecule is C1CCN(c2nc3sc4c(N5CCNCC5)nnnc4c3c3c2CCCC3)CC1. The molecule has 6 rings (SSSR count). The fourth-order valence-electron chi connectivity index (χ4n) is 5.21. The predicted molar refractivity (Wildman–Crippen MR) is 118 cm³/mol. The van der Waals surface area contributed by atoms with Gasteiger partial charge in [-0.1, -0.05) is 0 Å². The minimum absolute atomic E-state index is 0.965. The Morgan fingerprint density at radius 2 is 1.52 bits per heavy atom. The Hall–Kier alpha value is -2.06. The van der Waals surface area contributed by atoms with Gasteiger partial charge in [-0.25, -0.2) is 4.98 Å². The van der Waals surface area contributed by atoms with E-state index in [-0.39, 0.29) is 0 Å². The third-order valence-electron chi connectivity index (χ3n) is 6.67. The molecule has 0 spiro atoms. The monoisotopic (exact) mass is 409 g/mol. The van der Waals surface area contributed by atoms with Crippen LogP contribution in [0.15, 0.2) is 0 Å². The number of anilines is 2. The second-order valence-electron chi connectivity index (χ2n) is 8.46. The number of aryl methyl sites for hydroxylation is 1. The highest BCUT2D eigenvalue weighted by Crippen LogP contribution is 2.43. The van der Waals surface area contributed by atoms with Crippen molar-refractivity contribution in [1.29, 1.82) is 0 Å². The summed E-state index contributed by atoms with van der Waals surface area (Å²) < 4.78 is 1.16. The molecule has 2 aliphatic heterocycles. The van der Waals surface area contributed by atoms with Gasteiger partial charge < -0.3 is 15.1 Å². The van der Waals surface area contributed by atoms with E-state index in [2.05, 4.69) is 30.5 Å². The molecular formula is C21H27N7S. The number of thiophene rings is 1. The van der Waals surface area contributed by atoms with Crippen LogP contribution in [0.1, 0.15) is 43.2 Å². The first-order valence-electron chi connectivity index (χ1n) is 11.1. The van der Waals surface area contributed by atoms with Gasteiger partial charge in [-0.05, 0) is 61.3 Å². The molecule has 7 nitrogen and oxygen atoms in total. The highest BCUT2D eigenvalue weighted by atomic mass is 32.1. The Balaban J connectivity index is 1.57. The molecular weight excluding hydrogens is 382 g/mol. The van der Waals surface area contributed by atoms with E-state index >= 15 is 0 Å². The van der Waals surface area contributed by atoms with Crippen LogP contribution in [-0.2, 0) is 12.8 Å². The Morgan fingerprint density at radius 1 is 0.759 bits per heavy atom. The van der Waals surface area contributed by atoms with Gasteiger partial charge in [0.05, 0.1) is 0 Å². The zero-order chi connectivity index (χ0) is 19.2. The lowest BCUT2D eigenvalue weighted by atomic mass is 9.89. The van der Waals surface area contributed by atoms with Gasteiger partial charge in [-0.3, -0.25) is 0 Å². The minimum atomic E-state index is 0.965. The molecule has 2 saturated heterocycles. The summed E-state index contributed by atoms with van der Waals surface area (Å²) in [6.45, 7) is 6.19. The van der Waals surface area contributed by atoms with E-state index in [1.807, 2.05) is 0 Å². The molecule has 0 atom stereocenters. The summed E-state index contributed by atoms with van der Waals surface area (Å²) in [6, 6.07) is 0. The quantitative estimate of drug-likeness (QED) is 0.698. The molecule has 5 heterocycles. The smallest absolute Gasteiger partial charge is 0.172 e. The van der Waals surface area contributed by atoms with Crippen molar-refractivity contribution in [2.24, 2.45) is 0 Å².